The number of likely N-dealkylation sites (tertiary alicyclic amines) is 1. The number of aromatic nitrogens is 2. The Morgan fingerprint density at radius 2 is 1.81 bits per heavy atom. The van der Waals surface area contributed by atoms with Gasteiger partial charge >= 0.3 is 12.3 Å². The van der Waals surface area contributed by atoms with E-state index in [2.05, 4.69) is 14.7 Å². The summed E-state index contributed by atoms with van der Waals surface area (Å²) < 4.78 is 72.4. The summed E-state index contributed by atoms with van der Waals surface area (Å²) in [5.41, 5.74) is 1.84. The number of carbonyl (C=O) groups is 1. The first-order valence-corrected chi connectivity index (χ1v) is 13.8. The second kappa shape index (κ2) is 9.99. The molecule has 1 saturated carbocycles. The van der Waals surface area contributed by atoms with Crippen LogP contribution in [0.15, 0.2) is 35.5 Å². The molecule has 0 bridgehead atoms. The number of ether oxygens (including phenoxy) is 2. The van der Waals surface area contributed by atoms with Crippen molar-refractivity contribution in [2.45, 2.75) is 49.3 Å². The number of amides is 1. The van der Waals surface area contributed by atoms with E-state index < -0.39 is 28.7 Å². The molecule has 9 nitrogen and oxygen atoms in total. The number of sulfone groups is 1. The van der Waals surface area contributed by atoms with E-state index in [1.54, 1.807) is 18.2 Å². The molecule has 0 atom stereocenters. The SMILES string of the molecule is O=C(OCC(F)(F)F)N1CCC(Oc2cc(N3CCc4cc(S(=O)(=O)CC5CC5)ccc43)ncn2)CC1. The molecule has 200 valence electrons. The predicted molar refractivity (Wildman–Crippen MR) is 127 cm³/mol. The highest BCUT2D eigenvalue weighted by Crippen LogP contribution is 2.37. The van der Waals surface area contributed by atoms with Crippen molar-refractivity contribution in [1.82, 2.24) is 14.9 Å². The molecule has 1 aromatic heterocycles. The van der Waals surface area contributed by atoms with E-state index in [0.29, 0.717) is 42.4 Å². The maximum atomic E-state index is 12.7. The van der Waals surface area contributed by atoms with Gasteiger partial charge in [0.05, 0.1) is 10.6 Å². The zero-order valence-electron chi connectivity index (χ0n) is 20.0. The number of hydrogen-bond donors (Lipinski definition) is 0. The van der Waals surface area contributed by atoms with Gasteiger partial charge in [0, 0.05) is 44.2 Å². The number of rotatable bonds is 7. The van der Waals surface area contributed by atoms with Crippen molar-refractivity contribution in [3.63, 3.8) is 0 Å². The van der Waals surface area contributed by atoms with Crippen LogP contribution in [0.5, 0.6) is 5.88 Å². The fraction of sp³-hybridized carbons (Fsp3) is 0.542. The quantitative estimate of drug-likeness (QED) is 0.521. The molecule has 1 aromatic carbocycles. The standard InChI is InChI=1S/C24H27F3N4O5S/c25-24(26,27)14-35-23(32)30-8-6-18(7-9-30)36-22-12-21(28-15-29-22)31-10-5-17-11-19(3-4-20(17)31)37(33,34)13-16-1-2-16/h3-4,11-12,15-16,18H,1-2,5-10,13-14H2. The van der Waals surface area contributed by atoms with E-state index in [1.165, 1.54) is 11.2 Å². The molecule has 3 heterocycles. The number of fused-ring (bicyclic) bond motifs is 1. The fourth-order valence-electron chi connectivity index (χ4n) is 4.60. The highest BCUT2D eigenvalue weighted by molar-refractivity contribution is 7.91. The van der Waals surface area contributed by atoms with Gasteiger partial charge in [-0.2, -0.15) is 13.2 Å². The molecule has 1 aliphatic carbocycles. The minimum atomic E-state index is -4.56. The first kappa shape index (κ1) is 25.6. The molecule has 5 rings (SSSR count). The second-order valence-corrected chi connectivity index (χ2v) is 11.6. The van der Waals surface area contributed by atoms with Crippen LogP contribution in [0, 0.1) is 5.92 Å². The first-order chi connectivity index (χ1) is 17.6. The van der Waals surface area contributed by atoms with Crippen LogP contribution in [0.2, 0.25) is 0 Å². The second-order valence-electron chi connectivity index (χ2n) is 9.61. The third-order valence-electron chi connectivity index (χ3n) is 6.71. The van der Waals surface area contributed by atoms with Gasteiger partial charge in [0.1, 0.15) is 18.2 Å². The van der Waals surface area contributed by atoms with Crippen LogP contribution in [0.4, 0.5) is 29.5 Å². The zero-order valence-corrected chi connectivity index (χ0v) is 20.8. The average molecular weight is 541 g/mol. The number of piperidine rings is 1. The van der Waals surface area contributed by atoms with E-state index in [4.69, 9.17) is 4.74 Å². The number of alkyl halides is 3. The summed E-state index contributed by atoms with van der Waals surface area (Å²) in [6, 6.07) is 6.94. The Kier molecular flexibility index (Phi) is 6.90. The van der Waals surface area contributed by atoms with E-state index in [1.807, 2.05) is 11.0 Å². The van der Waals surface area contributed by atoms with Crippen LogP contribution >= 0.6 is 0 Å². The predicted octanol–water partition coefficient (Wildman–Crippen LogP) is 3.90. The van der Waals surface area contributed by atoms with Crippen molar-refractivity contribution < 1.29 is 35.9 Å². The Morgan fingerprint density at radius 1 is 1.05 bits per heavy atom. The van der Waals surface area contributed by atoms with Crippen LogP contribution in [0.3, 0.4) is 0 Å². The Hall–Kier alpha value is -3.09. The maximum Gasteiger partial charge on any atom is 0.422 e. The summed E-state index contributed by atoms with van der Waals surface area (Å²) in [6.07, 6.45) is -0.945. The number of anilines is 2. The lowest BCUT2D eigenvalue weighted by molar-refractivity contribution is -0.162. The van der Waals surface area contributed by atoms with Crippen molar-refractivity contribution in [3.05, 3.63) is 36.2 Å². The van der Waals surface area contributed by atoms with Crippen LogP contribution in [-0.2, 0) is 21.0 Å². The number of hydrogen-bond acceptors (Lipinski definition) is 8. The topological polar surface area (TPSA) is 102 Å². The van der Waals surface area contributed by atoms with Gasteiger partial charge in [-0.1, -0.05) is 0 Å². The Bertz CT molecular complexity index is 1260. The minimum absolute atomic E-state index is 0.204. The molecule has 1 amide bonds. The maximum absolute atomic E-state index is 12.7. The van der Waals surface area contributed by atoms with Crippen molar-refractivity contribution in [3.8, 4) is 5.88 Å². The fourth-order valence-corrected chi connectivity index (χ4v) is 6.35. The van der Waals surface area contributed by atoms with Crippen LogP contribution in [-0.4, -0.2) is 73.7 Å². The molecular weight excluding hydrogens is 513 g/mol. The number of nitrogens with zero attached hydrogens (tertiary/aromatic N) is 4. The van der Waals surface area contributed by atoms with Gasteiger partial charge in [0.2, 0.25) is 5.88 Å². The molecule has 0 spiro atoms. The van der Waals surface area contributed by atoms with Gasteiger partial charge in [-0.05, 0) is 48.9 Å². The summed E-state index contributed by atoms with van der Waals surface area (Å²) in [7, 11) is -3.29. The van der Waals surface area contributed by atoms with E-state index in [-0.39, 0.29) is 30.9 Å². The van der Waals surface area contributed by atoms with Crippen molar-refractivity contribution in [2.75, 3.05) is 36.9 Å². The molecule has 0 unspecified atom stereocenters. The summed E-state index contributed by atoms with van der Waals surface area (Å²) in [4.78, 5) is 24.0. The number of benzene rings is 1. The van der Waals surface area contributed by atoms with Gasteiger partial charge < -0.3 is 19.3 Å². The molecule has 0 radical (unpaired) electrons. The number of halogens is 3. The van der Waals surface area contributed by atoms with E-state index >= 15 is 0 Å². The van der Waals surface area contributed by atoms with Gasteiger partial charge in [0.25, 0.3) is 0 Å². The third-order valence-corrected chi connectivity index (χ3v) is 8.59. The average Bonchev–Trinajstić information content (AvgIpc) is 3.56. The number of carbonyl (C=O) groups excluding carboxylic acids is 1. The van der Waals surface area contributed by atoms with Gasteiger partial charge in [-0.25, -0.2) is 23.2 Å². The van der Waals surface area contributed by atoms with Crippen LogP contribution in [0.25, 0.3) is 0 Å². The third kappa shape index (κ3) is 6.25. The molecule has 37 heavy (non-hydrogen) atoms. The molecule has 0 N–H and O–H groups in total. The van der Waals surface area contributed by atoms with Crippen LogP contribution in [0.1, 0.15) is 31.2 Å². The lowest BCUT2D eigenvalue weighted by atomic mass is 10.1. The molecular formula is C24H27F3N4O5S. The van der Waals surface area contributed by atoms with Gasteiger partial charge in [-0.3, -0.25) is 0 Å². The van der Waals surface area contributed by atoms with E-state index in [0.717, 1.165) is 24.1 Å². The Morgan fingerprint density at radius 3 is 2.51 bits per heavy atom. The first-order valence-electron chi connectivity index (χ1n) is 12.2. The lowest BCUT2D eigenvalue weighted by Crippen LogP contribution is -2.42. The van der Waals surface area contributed by atoms with Gasteiger partial charge in [-0.15, -0.1) is 0 Å². The summed E-state index contributed by atoms with van der Waals surface area (Å²) in [5, 5.41) is 0. The monoisotopic (exact) mass is 540 g/mol. The zero-order chi connectivity index (χ0) is 26.2. The Balaban J connectivity index is 1.19. The highest BCUT2D eigenvalue weighted by Gasteiger charge is 2.33. The van der Waals surface area contributed by atoms with Crippen molar-refractivity contribution in [1.29, 1.82) is 0 Å². The molecule has 2 aliphatic heterocycles. The largest absolute Gasteiger partial charge is 0.474 e. The molecule has 1 saturated heterocycles. The molecule has 2 aromatic rings. The summed E-state index contributed by atoms with van der Waals surface area (Å²) >= 11 is 0. The Labute approximate surface area is 212 Å². The molecule has 2 fully saturated rings. The van der Waals surface area contributed by atoms with E-state index in [9.17, 15) is 26.4 Å². The smallest absolute Gasteiger partial charge is 0.422 e. The highest BCUT2D eigenvalue weighted by atomic mass is 32.2. The normalized spacial score (nSPS) is 18.6. The van der Waals surface area contributed by atoms with Crippen molar-refractivity contribution in [2.24, 2.45) is 5.92 Å². The summed E-state index contributed by atoms with van der Waals surface area (Å²) in [6.45, 7) is -0.547. The van der Waals surface area contributed by atoms with Crippen LogP contribution < -0.4 is 9.64 Å². The summed E-state index contributed by atoms with van der Waals surface area (Å²) in [5.74, 6) is 1.45. The molecule has 3 aliphatic rings. The van der Waals surface area contributed by atoms with Crippen molar-refractivity contribution >= 4 is 27.4 Å². The molecule has 13 heteroatoms. The minimum Gasteiger partial charge on any atom is -0.474 e. The lowest BCUT2D eigenvalue weighted by Gasteiger charge is -2.31. The van der Waals surface area contributed by atoms with Gasteiger partial charge in [0.15, 0.2) is 16.4 Å².